The molecule has 2 nitrogen and oxygen atoms in total. The molecule has 0 N–H and O–H groups in total. The zero-order chi connectivity index (χ0) is 11.0. The average molecular weight is 314 g/mol. The van der Waals surface area contributed by atoms with E-state index in [4.69, 9.17) is 4.42 Å². The summed E-state index contributed by atoms with van der Waals surface area (Å²) in [4.78, 5) is 11.4. The molecule has 2 aromatic rings. The van der Waals surface area contributed by atoms with Gasteiger partial charge in [-0.1, -0.05) is 32.0 Å². The minimum Gasteiger partial charge on any atom is -0.422 e. The van der Waals surface area contributed by atoms with Gasteiger partial charge in [0.05, 0.1) is 3.57 Å². The molecule has 3 heteroatoms. The van der Waals surface area contributed by atoms with Crippen LogP contribution in [0.25, 0.3) is 11.0 Å². The van der Waals surface area contributed by atoms with E-state index in [0.717, 1.165) is 16.5 Å². The maximum Gasteiger partial charge on any atom is 0.349 e. The number of para-hydroxylation sites is 1. The largest absolute Gasteiger partial charge is 0.422 e. The highest BCUT2D eigenvalue weighted by Gasteiger charge is 2.09. The second-order valence-corrected chi connectivity index (χ2v) is 4.96. The number of hydrogen-bond donors (Lipinski definition) is 0. The summed E-state index contributed by atoms with van der Waals surface area (Å²) in [7, 11) is 0. The Morgan fingerprint density at radius 3 is 2.73 bits per heavy atom. The fourth-order valence-corrected chi connectivity index (χ4v) is 2.04. The molecule has 0 bridgehead atoms. The molecule has 0 aliphatic rings. The fourth-order valence-electron chi connectivity index (χ4n) is 1.60. The summed E-state index contributed by atoms with van der Waals surface area (Å²) in [6, 6.07) is 7.83. The Labute approximate surface area is 101 Å². The van der Waals surface area contributed by atoms with Crippen molar-refractivity contribution in [2.75, 3.05) is 0 Å². The lowest BCUT2D eigenvalue weighted by atomic mass is 10.0. The SMILES string of the molecule is CC(C)c1cccc2cc(I)c(=O)oc12. The van der Waals surface area contributed by atoms with Crippen LogP contribution in [0.4, 0.5) is 0 Å². The molecule has 1 heterocycles. The monoisotopic (exact) mass is 314 g/mol. The number of hydrogen-bond acceptors (Lipinski definition) is 2. The van der Waals surface area contributed by atoms with Gasteiger partial charge in [-0.2, -0.15) is 0 Å². The predicted molar refractivity (Wildman–Crippen MR) is 69.3 cm³/mol. The minimum atomic E-state index is -0.254. The Morgan fingerprint density at radius 1 is 1.33 bits per heavy atom. The van der Waals surface area contributed by atoms with Gasteiger partial charge < -0.3 is 4.42 Å². The van der Waals surface area contributed by atoms with Gasteiger partial charge in [0.1, 0.15) is 5.58 Å². The Hall–Kier alpha value is -0.840. The van der Waals surface area contributed by atoms with E-state index in [-0.39, 0.29) is 5.63 Å². The van der Waals surface area contributed by atoms with E-state index in [9.17, 15) is 4.79 Å². The lowest BCUT2D eigenvalue weighted by Crippen LogP contribution is -2.03. The lowest BCUT2D eigenvalue weighted by Gasteiger charge is -2.07. The first-order chi connectivity index (χ1) is 7.09. The molecule has 0 saturated carbocycles. The van der Waals surface area contributed by atoms with Gasteiger partial charge in [0.15, 0.2) is 0 Å². The van der Waals surface area contributed by atoms with Crippen molar-refractivity contribution in [3.8, 4) is 0 Å². The molecule has 0 aliphatic heterocycles. The summed E-state index contributed by atoms with van der Waals surface area (Å²) in [6.45, 7) is 4.18. The van der Waals surface area contributed by atoms with Crippen LogP contribution in [0.2, 0.25) is 0 Å². The smallest absolute Gasteiger partial charge is 0.349 e. The summed E-state index contributed by atoms with van der Waals surface area (Å²) in [6.07, 6.45) is 0. The third-order valence-electron chi connectivity index (χ3n) is 2.37. The standard InChI is InChI=1S/C12H11IO2/c1-7(2)9-5-3-4-8-6-10(13)12(14)15-11(8)9/h3-7H,1-2H3. The van der Waals surface area contributed by atoms with E-state index in [0.29, 0.717) is 9.49 Å². The van der Waals surface area contributed by atoms with Crippen LogP contribution in [0.5, 0.6) is 0 Å². The van der Waals surface area contributed by atoms with E-state index < -0.39 is 0 Å². The second-order valence-electron chi connectivity index (χ2n) is 3.80. The van der Waals surface area contributed by atoms with Gasteiger partial charge >= 0.3 is 5.63 Å². The van der Waals surface area contributed by atoms with Crippen LogP contribution >= 0.6 is 22.6 Å². The molecule has 0 spiro atoms. The lowest BCUT2D eigenvalue weighted by molar-refractivity contribution is 0.549. The van der Waals surface area contributed by atoms with E-state index in [2.05, 4.69) is 13.8 Å². The van der Waals surface area contributed by atoms with Gasteiger partial charge in [0.2, 0.25) is 0 Å². The summed E-state index contributed by atoms with van der Waals surface area (Å²) < 4.78 is 5.95. The zero-order valence-electron chi connectivity index (χ0n) is 8.58. The fraction of sp³-hybridized carbons (Fsp3) is 0.250. The third-order valence-corrected chi connectivity index (χ3v) is 3.12. The zero-order valence-corrected chi connectivity index (χ0v) is 10.7. The van der Waals surface area contributed by atoms with E-state index in [1.54, 1.807) is 0 Å². The van der Waals surface area contributed by atoms with Gasteiger partial charge in [-0.3, -0.25) is 0 Å². The molecule has 2 rings (SSSR count). The molecule has 0 radical (unpaired) electrons. The summed E-state index contributed by atoms with van der Waals surface area (Å²) in [5.41, 5.74) is 1.55. The van der Waals surface area contributed by atoms with Gasteiger partial charge in [-0.05, 0) is 40.1 Å². The van der Waals surface area contributed by atoms with E-state index in [1.165, 1.54) is 0 Å². The molecule has 0 unspecified atom stereocenters. The van der Waals surface area contributed by atoms with Crippen LogP contribution in [0.1, 0.15) is 25.3 Å². The van der Waals surface area contributed by atoms with Crippen molar-refractivity contribution in [3.63, 3.8) is 0 Å². The molecule has 15 heavy (non-hydrogen) atoms. The van der Waals surface area contributed by atoms with Gasteiger partial charge in [-0.15, -0.1) is 0 Å². The highest BCUT2D eigenvalue weighted by atomic mass is 127. The van der Waals surface area contributed by atoms with Crippen LogP contribution in [0.3, 0.4) is 0 Å². The van der Waals surface area contributed by atoms with Crippen molar-refractivity contribution in [1.82, 2.24) is 0 Å². The highest BCUT2D eigenvalue weighted by Crippen LogP contribution is 2.24. The molecule has 0 saturated heterocycles. The topological polar surface area (TPSA) is 30.2 Å². The van der Waals surface area contributed by atoms with E-state index >= 15 is 0 Å². The maximum absolute atomic E-state index is 11.4. The maximum atomic E-state index is 11.4. The Morgan fingerprint density at radius 2 is 2.07 bits per heavy atom. The van der Waals surface area contributed by atoms with Crippen LogP contribution < -0.4 is 5.63 Å². The first kappa shape index (κ1) is 10.7. The van der Waals surface area contributed by atoms with Crippen molar-refractivity contribution in [2.24, 2.45) is 0 Å². The predicted octanol–water partition coefficient (Wildman–Crippen LogP) is 3.52. The molecule has 78 valence electrons. The van der Waals surface area contributed by atoms with Gasteiger partial charge in [0.25, 0.3) is 0 Å². The molecular weight excluding hydrogens is 303 g/mol. The number of halogens is 1. The Bertz CT molecular complexity index is 555. The number of benzene rings is 1. The Kier molecular flexibility index (Phi) is 2.82. The second kappa shape index (κ2) is 3.96. The van der Waals surface area contributed by atoms with Crippen LogP contribution in [0, 0.1) is 3.57 Å². The average Bonchev–Trinajstić information content (AvgIpc) is 2.18. The van der Waals surface area contributed by atoms with Crippen molar-refractivity contribution in [3.05, 3.63) is 43.8 Å². The summed E-state index contributed by atoms with van der Waals surface area (Å²) >= 11 is 2.00. The molecule has 1 aromatic carbocycles. The number of rotatable bonds is 1. The molecule has 0 amide bonds. The van der Waals surface area contributed by atoms with Crippen LogP contribution in [-0.2, 0) is 0 Å². The summed E-state index contributed by atoms with van der Waals surface area (Å²) in [5, 5.41) is 0.991. The van der Waals surface area contributed by atoms with Crippen molar-refractivity contribution in [2.45, 2.75) is 19.8 Å². The van der Waals surface area contributed by atoms with Crippen molar-refractivity contribution >= 4 is 33.6 Å². The molecule has 0 fully saturated rings. The first-order valence-electron chi connectivity index (χ1n) is 4.82. The highest BCUT2D eigenvalue weighted by molar-refractivity contribution is 14.1. The van der Waals surface area contributed by atoms with Crippen molar-refractivity contribution in [1.29, 1.82) is 0 Å². The van der Waals surface area contributed by atoms with Gasteiger partial charge in [-0.25, -0.2) is 4.79 Å². The normalized spacial score (nSPS) is 11.2. The van der Waals surface area contributed by atoms with Crippen LogP contribution in [0.15, 0.2) is 33.5 Å². The molecule has 1 aromatic heterocycles. The first-order valence-corrected chi connectivity index (χ1v) is 5.89. The van der Waals surface area contributed by atoms with E-state index in [1.807, 2.05) is 46.9 Å². The van der Waals surface area contributed by atoms with Gasteiger partial charge in [0, 0.05) is 5.39 Å². The molecular formula is C12H11IO2. The van der Waals surface area contributed by atoms with Crippen LogP contribution in [-0.4, -0.2) is 0 Å². The quantitative estimate of drug-likeness (QED) is 0.595. The Balaban J connectivity index is 2.86. The minimum absolute atomic E-state index is 0.254. The third kappa shape index (κ3) is 1.93. The molecule has 0 aliphatic carbocycles. The number of fused-ring (bicyclic) bond motifs is 1. The summed E-state index contributed by atoms with van der Waals surface area (Å²) in [5.74, 6) is 0.358. The van der Waals surface area contributed by atoms with Crippen molar-refractivity contribution < 1.29 is 4.42 Å². The molecule has 0 atom stereocenters.